The minimum absolute atomic E-state index is 0.00801. The molecule has 0 aliphatic carbocycles. The van der Waals surface area contributed by atoms with Crippen LogP contribution in [0.2, 0.25) is 0 Å². The first kappa shape index (κ1) is 34.2. The number of carbonyl (C=O) groups excluding carboxylic acids is 3. The van der Waals surface area contributed by atoms with Gasteiger partial charge in [-0.2, -0.15) is 0 Å². The van der Waals surface area contributed by atoms with E-state index in [1.807, 2.05) is 40.1 Å². The molecule has 246 valence electrons. The largest absolute Gasteiger partial charge is 0.396 e. The van der Waals surface area contributed by atoms with Crippen molar-refractivity contribution in [3.63, 3.8) is 0 Å². The van der Waals surface area contributed by atoms with Crippen molar-refractivity contribution < 1.29 is 24.2 Å². The molecule has 2 bridgehead atoms. The number of ether oxygens (including phenoxy) is 1. The number of hydrogen-bond acceptors (Lipinski definition) is 7. The third kappa shape index (κ3) is 7.07. The third-order valence-electron chi connectivity index (χ3n) is 9.69. The van der Waals surface area contributed by atoms with E-state index in [1.165, 1.54) is 0 Å². The van der Waals surface area contributed by atoms with Gasteiger partial charge in [-0.25, -0.2) is 0 Å². The van der Waals surface area contributed by atoms with Crippen molar-refractivity contribution >= 4 is 45.4 Å². The molecule has 3 amide bonds. The van der Waals surface area contributed by atoms with Crippen molar-refractivity contribution in [2.24, 2.45) is 11.8 Å². The highest BCUT2D eigenvalue weighted by atomic mass is 79.9. The average molecular weight is 704 g/mol. The summed E-state index contributed by atoms with van der Waals surface area (Å²) >= 11 is 5.58. The van der Waals surface area contributed by atoms with Crippen molar-refractivity contribution in [1.82, 2.24) is 19.6 Å². The summed E-state index contributed by atoms with van der Waals surface area (Å²) in [6, 6.07) is 9.22. The van der Waals surface area contributed by atoms with Crippen LogP contribution in [0.5, 0.6) is 0 Å². The summed E-state index contributed by atoms with van der Waals surface area (Å²) < 4.78 is 4.81. The van der Waals surface area contributed by atoms with Crippen molar-refractivity contribution in [2.45, 2.75) is 53.1 Å². The summed E-state index contributed by atoms with van der Waals surface area (Å²) in [5.41, 5.74) is 1.02. The fraction of sp³-hybridized carbons (Fsp3) is 0.618. The van der Waals surface area contributed by atoms with Gasteiger partial charge in [0.2, 0.25) is 17.7 Å². The minimum atomic E-state index is -0.699. The van der Waals surface area contributed by atoms with E-state index in [-0.39, 0.29) is 34.4 Å². The monoisotopic (exact) mass is 702 g/mol. The van der Waals surface area contributed by atoms with Gasteiger partial charge in [-0.15, -0.1) is 24.9 Å². The number of thioether (sulfide) groups is 1. The number of rotatable bonds is 16. The lowest BCUT2D eigenvalue weighted by Gasteiger charge is -2.39. The fourth-order valence-electron chi connectivity index (χ4n) is 7.61. The van der Waals surface area contributed by atoms with E-state index in [2.05, 4.69) is 34.0 Å². The predicted molar refractivity (Wildman–Crippen MR) is 181 cm³/mol. The Balaban J connectivity index is 1.45. The van der Waals surface area contributed by atoms with Crippen molar-refractivity contribution in [2.75, 3.05) is 65.6 Å². The van der Waals surface area contributed by atoms with Gasteiger partial charge in [-0.05, 0) is 31.2 Å². The zero-order valence-corrected chi connectivity index (χ0v) is 28.5. The molecule has 3 unspecified atom stereocenters. The first-order valence-corrected chi connectivity index (χ1v) is 18.0. The Kier molecular flexibility index (Phi) is 11.8. The molecule has 4 fully saturated rings. The number of unbranched alkanes of at least 4 members (excludes halogenated alkanes) is 2. The van der Waals surface area contributed by atoms with E-state index in [4.69, 9.17) is 4.74 Å². The number of amides is 3. The summed E-state index contributed by atoms with van der Waals surface area (Å²) in [5, 5.41) is 9.26. The summed E-state index contributed by atoms with van der Waals surface area (Å²) in [6.45, 7) is 13.9. The second-order valence-corrected chi connectivity index (χ2v) is 15.2. The number of morpholine rings is 1. The van der Waals surface area contributed by atoms with Gasteiger partial charge >= 0.3 is 0 Å². The lowest BCUT2D eigenvalue weighted by molar-refractivity contribution is -0.145. The number of carbonyl (C=O) groups is 3. The van der Waals surface area contributed by atoms with Crippen LogP contribution in [0.3, 0.4) is 0 Å². The molecule has 6 atom stereocenters. The quantitative estimate of drug-likeness (QED) is 0.161. The number of halogens is 1. The van der Waals surface area contributed by atoms with Gasteiger partial charge in [0, 0.05) is 69.0 Å². The average Bonchev–Trinajstić information content (AvgIpc) is 3.64. The van der Waals surface area contributed by atoms with Gasteiger partial charge in [0.25, 0.3) is 0 Å². The standard InChI is InChI=1S/C34H47BrN4O5S/c1-3-13-37(17-16-36-18-21-44-22-19-36)33(43)30-34-23-26(35)29(45-34)27(28(34)32(42)39(30)15-9-6-10-20-40)31(41)38(14-4-2)24-25-11-7-5-8-12-25/h3-5,7-8,11-12,26-30,40H,1-2,6,9-10,13-24H2/t26?,27-,28-,29-,30?,34?/m0/s1. The lowest BCUT2D eigenvalue weighted by atomic mass is 9.70. The Morgan fingerprint density at radius 1 is 1.04 bits per heavy atom. The molecule has 0 aromatic heterocycles. The molecule has 1 N–H and O–H groups in total. The van der Waals surface area contributed by atoms with Crippen molar-refractivity contribution in [1.29, 1.82) is 0 Å². The maximum Gasteiger partial charge on any atom is 0.247 e. The predicted octanol–water partition coefficient (Wildman–Crippen LogP) is 3.18. The molecule has 9 nitrogen and oxygen atoms in total. The van der Waals surface area contributed by atoms with E-state index in [0.717, 1.165) is 31.6 Å². The SMILES string of the molecule is C=CCN(CCN1CCOCC1)C(=O)C1N(CCCCCO)C(=O)[C@@H]2[C@H](C(=O)N(CC=C)Cc3ccccc3)[C@H]3SC12CC3Br. The van der Waals surface area contributed by atoms with E-state index >= 15 is 0 Å². The molecule has 45 heavy (non-hydrogen) atoms. The molecule has 5 rings (SSSR count). The van der Waals surface area contributed by atoms with Crippen LogP contribution < -0.4 is 0 Å². The van der Waals surface area contributed by atoms with Crippen molar-refractivity contribution in [3.05, 3.63) is 61.2 Å². The van der Waals surface area contributed by atoms with E-state index in [9.17, 15) is 19.5 Å². The second kappa shape index (κ2) is 15.6. The van der Waals surface area contributed by atoms with Crippen LogP contribution in [0, 0.1) is 11.8 Å². The molecule has 11 heteroatoms. The first-order valence-electron chi connectivity index (χ1n) is 16.2. The van der Waals surface area contributed by atoms with Crippen LogP contribution in [0.15, 0.2) is 55.6 Å². The van der Waals surface area contributed by atoms with Crippen LogP contribution in [0.1, 0.15) is 31.2 Å². The van der Waals surface area contributed by atoms with E-state index in [1.54, 1.807) is 28.8 Å². The molecule has 4 saturated heterocycles. The summed E-state index contributed by atoms with van der Waals surface area (Å²) in [7, 11) is 0. The molecule has 4 heterocycles. The molecule has 4 aliphatic rings. The number of likely N-dealkylation sites (tertiary alicyclic amines) is 1. The summed E-state index contributed by atoms with van der Waals surface area (Å²) in [6.07, 6.45) is 6.24. The molecular weight excluding hydrogens is 656 g/mol. The zero-order chi connectivity index (χ0) is 32.0. The number of benzene rings is 1. The number of nitrogens with zero attached hydrogens (tertiary/aromatic N) is 4. The molecule has 1 spiro atoms. The zero-order valence-electron chi connectivity index (χ0n) is 26.1. The van der Waals surface area contributed by atoms with Crippen LogP contribution in [-0.2, 0) is 25.7 Å². The van der Waals surface area contributed by atoms with Crippen molar-refractivity contribution in [3.8, 4) is 0 Å². The molecular formula is C34H47BrN4O5S. The van der Waals surface area contributed by atoms with E-state index < -0.39 is 22.6 Å². The third-order valence-corrected chi connectivity index (χ3v) is 12.9. The topological polar surface area (TPSA) is 93.6 Å². The maximum atomic E-state index is 14.7. The maximum absolute atomic E-state index is 14.7. The Labute approximate surface area is 280 Å². The number of aliphatic hydroxyl groups is 1. The van der Waals surface area contributed by atoms with E-state index in [0.29, 0.717) is 65.2 Å². The van der Waals surface area contributed by atoms with Crippen LogP contribution >= 0.6 is 27.7 Å². The Morgan fingerprint density at radius 3 is 2.44 bits per heavy atom. The lowest BCUT2D eigenvalue weighted by Crippen LogP contribution is -2.56. The second-order valence-electron chi connectivity index (χ2n) is 12.5. The highest BCUT2D eigenvalue weighted by molar-refractivity contribution is 9.09. The normalized spacial score (nSPS) is 29.1. The molecule has 1 aromatic carbocycles. The smallest absolute Gasteiger partial charge is 0.247 e. The Hall–Kier alpha value is -2.18. The number of aliphatic hydroxyl groups excluding tert-OH is 1. The molecule has 0 saturated carbocycles. The first-order chi connectivity index (χ1) is 21.9. The van der Waals surface area contributed by atoms with Gasteiger partial charge in [0.1, 0.15) is 6.04 Å². The van der Waals surface area contributed by atoms with Crippen LogP contribution in [0.4, 0.5) is 0 Å². The summed E-state index contributed by atoms with van der Waals surface area (Å²) in [5.74, 6) is -1.31. The van der Waals surface area contributed by atoms with Gasteiger partial charge in [-0.3, -0.25) is 19.3 Å². The minimum Gasteiger partial charge on any atom is -0.396 e. The van der Waals surface area contributed by atoms with Gasteiger partial charge in [0.15, 0.2) is 0 Å². The molecule has 0 radical (unpaired) electrons. The Morgan fingerprint density at radius 2 is 1.76 bits per heavy atom. The number of hydrogen-bond donors (Lipinski definition) is 1. The van der Waals surface area contributed by atoms with Crippen LogP contribution in [-0.4, -0.2) is 129 Å². The Bertz CT molecular complexity index is 1220. The van der Waals surface area contributed by atoms with Crippen LogP contribution in [0.25, 0.3) is 0 Å². The van der Waals surface area contributed by atoms with Gasteiger partial charge < -0.3 is 24.5 Å². The highest BCUT2D eigenvalue weighted by Crippen LogP contribution is 2.68. The van der Waals surface area contributed by atoms with Gasteiger partial charge in [0.05, 0.1) is 29.8 Å². The molecule has 4 aliphatic heterocycles. The number of alkyl halides is 1. The summed E-state index contributed by atoms with van der Waals surface area (Å²) in [4.78, 5) is 51.5. The molecule has 1 aromatic rings. The number of fused-ring (bicyclic) bond motifs is 1. The highest BCUT2D eigenvalue weighted by Gasteiger charge is 2.76. The fourth-order valence-corrected chi connectivity index (χ4v) is 11.2. The van der Waals surface area contributed by atoms with Gasteiger partial charge in [-0.1, -0.05) is 58.4 Å².